The first-order chi connectivity index (χ1) is 7.58. The van der Waals surface area contributed by atoms with E-state index in [9.17, 15) is 8.42 Å². The highest BCUT2D eigenvalue weighted by Crippen LogP contribution is 2.30. The molecule has 0 amide bonds. The van der Waals surface area contributed by atoms with Crippen molar-refractivity contribution in [1.82, 2.24) is 9.62 Å². The Bertz CT molecular complexity index is 321. The maximum absolute atomic E-state index is 11.9. The Labute approximate surface area is 97.2 Å². The number of rotatable bonds is 5. The lowest BCUT2D eigenvalue weighted by atomic mass is 10.3. The second-order valence-corrected chi connectivity index (χ2v) is 6.82. The second kappa shape index (κ2) is 5.00. The number of morpholine rings is 1. The molecule has 1 aliphatic carbocycles. The van der Waals surface area contributed by atoms with E-state index in [1.54, 1.807) is 7.05 Å². The number of nitrogens with zero attached hydrogens (tertiary/aromatic N) is 1. The Balaban J connectivity index is 1.82. The topological polar surface area (TPSA) is 58.6 Å². The molecule has 2 rings (SSSR count). The van der Waals surface area contributed by atoms with Gasteiger partial charge in [0.05, 0.1) is 18.5 Å². The minimum atomic E-state index is -3.07. The summed E-state index contributed by atoms with van der Waals surface area (Å²) in [5, 5.41) is 3.20. The van der Waals surface area contributed by atoms with Crippen molar-refractivity contribution in [1.29, 1.82) is 0 Å². The SMILES string of the molecule is CN(CC1CNCCO1)S(=O)(=O)CC1CC1. The fourth-order valence-corrected chi connectivity index (χ4v) is 3.42. The van der Waals surface area contributed by atoms with Gasteiger partial charge in [0.1, 0.15) is 0 Å². The van der Waals surface area contributed by atoms with Crippen molar-refractivity contribution in [3.8, 4) is 0 Å². The highest BCUT2D eigenvalue weighted by Gasteiger charge is 2.31. The standard InChI is InChI=1S/C10H20N2O3S/c1-12(7-10-6-11-4-5-15-10)16(13,14)8-9-2-3-9/h9-11H,2-8H2,1H3. The average molecular weight is 248 g/mol. The predicted molar refractivity (Wildman–Crippen MR) is 61.8 cm³/mol. The molecule has 0 aromatic rings. The molecule has 1 heterocycles. The van der Waals surface area contributed by atoms with Gasteiger partial charge in [-0.1, -0.05) is 0 Å². The third-order valence-electron chi connectivity index (χ3n) is 3.08. The van der Waals surface area contributed by atoms with Gasteiger partial charge in [0.25, 0.3) is 0 Å². The highest BCUT2D eigenvalue weighted by atomic mass is 32.2. The average Bonchev–Trinajstić information content (AvgIpc) is 3.02. The van der Waals surface area contributed by atoms with Crippen LogP contribution in [0.4, 0.5) is 0 Å². The molecular formula is C10H20N2O3S. The van der Waals surface area contributed by atoms with Gasteiger partial charge in [-0.05, 0) is 18.8 Å². The van der Waals surface area contributed by atoms with Crippen molar-refractivity contribution in [2.75, 3.05) is 39.0 Å². The fraction of sp³-hybridized carbons (Fsp3) is 1.00. The van der Waals surface area contributed by atoms with E-state index >= 15 is 0 Å². The first-order valence-electron chi connectivity index (χ1n) is 5.84. The predicted octanol–water partition coefficient (Wildman–Crippen LogP) is -0.354. The molecule has 0 aromatic carbocycles. The molecule has 1 atom stereocenters. The Morgan fingerprint density at radius 2 is 2.19 bits per heavy atom. The van der Waals surface area contributed by atoms with Gasteiger partial charge in [-0.15, -0.1) is 0 Å². The van der Waals surface area contributed by atoms with Crippen LogP contribution in [0.2, 0.25) is 0 Å². The molecular weight excluding hydrogens is 228 g/mol. The normalized spacial score (nSPS) is 27.2. The monoisotopic (exact) mass is 248 g/mol. The molecule has 1 saturated carbocycles. The van der Waals surface area contributed by atoms with Gasteiger partial charge in [0.2, 0.25) is 10.0 Å². The summed E-state index contributed by atoms with van der Waals surface area (Å²) in [6.07, 6.45) is 2.12. The van der Waals surface area contributed by atoms with E-state index < -0.39 is 10.0 Å². The van der Waals surface area contributed by atoms with Gasteiger partial charge in [-0.2, -0.15) is 0 Å². The third-order valence-corrected chi connectivity index (χ3v) is 5.07. The molecule has 0 bridgehead atoms. The molecule has 16 heavy (non-hydrogen) atoms. The number of likely N-dealkylation sites (N-methyl/N-ethyl adjacent to an activating group) is 1. The van der Waals surface area contributed by atoms with Gasteiger partial charge in [-0.25, -0.2) is 12.7 Å². The Morgan fingerprint density at radius 3 is 2.75 bits per heavy atom. The Morgan fingerprint density at radius 1 is 1.44 bits per heavy atom. The molecule has 2 aliphatic rings. The van der Waals surface area contributed by atoms with Crippen LogP contribution in [0.15, 0.2) is 0 Å². The van der Waals surface area contributed by atoms with E-state index in [0.29, 0.717) is 24.8 Å². The summed E-state index contributed by atoms with van der Waals surface area (Å²) in [6, 6.07) is 0. The number of hydrogen-bond donors (Lipinski definition) is 1. The van der Waals surface area contributed by atoms with Crippen molar-refractivity contribution < 1.29 is 13.2 Å². The summed E-state index contributed by atoms with van der Waals surface area (Å²) in [6.45, 7) is 2.72. The van der Waals surface area contributed by atoms with Crippen LogP contribution >= 0.6 is 0 Å². The summed E-state index contributed by atoms with van der Waals surface area (Å²) in [4.78, 5) is 0. The summed E-state index contributed by atoms with van der Waals surface area (Å²) in [7, 11) is -1.42. The van der Waals surface area contributed by atoms with E-state index in [1.807, 2.05) is 0 Å². The fourth-order valence-electron chi connectivity index (χ4n) is 1.85. The van der Waals surface area contributed by atoms with Gasteiger partial charge >= 0.3 is 0 Å². The second-order valence-electron chi connectivity index (χ2n) is 4.70. The molecule has 2 fully saturated rings. The number of sulfonamides is 1. The van der Waals surface area contributed by atoms with Crippen molar-refractivity contribution >= 4 is 10.0 Å². The van der Waals surface area contributed by atoms with Crippen LogP contribution in [0.1, 0.15) is 12.8 Å². The molecule has 1 unspecified atom stereocenters. The zero-order valence-electron chi connectivity index (χ0n) is 9.68. The third kappa shape index (κ3) is 3.41. The summed E-state index contributed by atoms with van der Waals surface area (Å²) in [5.74, 6) is 0.710. The van der Waals surface area contributed by atoms with Gasteiger partial charge in [-0.3, -0.25) is 0 Å². The van der Waals surface area contributed by atoms with Gasteiger partial charge in [0.15, 0.2) is 0 Å². The van der Waals surface area contributed by atoms with Crippen molar-refractivity contribution in [3.63, 3.8) is 0 Å². The molecule has 1 N–H and O–H groups in total. The minimum Gasteiger partial charge on any atom is -0.374 e. The summed E-state index contributed by atoms with van der Waals surface area (Å²) in [5.41, 5.74) is 0. The van der Waals surface area contributed by atoms with E-state index in [1.165, 1.54) is 4.31 Å². The van der Waals surface area contributed by atoms with E-state index in [-0.39, 0.29) is 6.10 Å². The van der Waals surface area contributed by atoms with E-state index in [4.69, 9.17) is 4.74 Å². The summed E-state index contributed by atoms with van der Waals surface area (Å²) < 4.78 is 30.8. The van der Waals surface area contributed by atoms with Crippen molar-refractivity contribution in [2.24, 2.45) is 5.92 Å². The van der Waals surface area contributed by atoms with Crippen molar-refractivity contribution in [3.05, 3.63) is 0 Å². The molecule has 0 radical (unpaired) electrons. The molecule has 0 aromatic heterocycles. The largest absolute Gasteiger partial charge is 0.374 e. The number of hydrogen-bond acceptors (Lipinski definition) is 4. The molecule has 94 valence electrons. The van der Waals surface area contributed by atoms with E-state index in [0.717, 1.165) is 25.9 Å². The first kappa shape index (κ1) is 12.3. The van der Waals surface area contributed by atoms with Gasteiger partial charge in [0, 0.05) is 26.7 Å². The smallest absolute Gasteiger partial charge is 0.214 e. The molecule has 0 spiro atoms. The van der Waals surface area contributed by atoms with Crippen LogP contribution in [-0.2, 0) is 14.8 Å². The lowest BCUT2D eigenvalue weighted by Gasteiger charge is -2.27. The first-order valence-corrected chi connectivity index (χ1v) is 7.45. The molecule has 1 saturated heterocycles. The lowest BCUT2D eigenvalue weighted by Crippen LogP contribution is -2.46. The zero-order chi connectivity index (χ0) is 11.6. The van der Waals surface area contributed by atoms with Crippen molar-refractivity contribution in [2.45, 2.75) is 18.9 Å². The summed E-state index contributed by atoms with van der Waals surface area (Å²) >= 11 is 0. The maximum atomic E-state index is 11.9. The lowest BCUT2D eigenvalue weighted by molar-refractivity contribution is 0.0206. The van der Waals surface area contributed by atoms with Crippen LogP contribution in [-0.4, -0.2) is 57.9 Å². The molecule has 5 nitrogen and oxygen atoms in total. The molecule has 1 aliphatic heterocycles. The quantitative estimate of drug-likeness (QED) is 0.722. The minimum absolute atomic E-state index is 0.00673. The zero-order valence-corrected chi connectivity index (χ0v) is 10.5. The van der Waals surface area contributed by atoms with E-state index in [2.05, 4.69) is 5.32 Å². The van der Waals surface area contributed by atoms with Crippen LogP contribution in [0, 0.1) is 5.92 Å². The Kier molecular flexibility index (Phi) is 3.84. The molecule has 6 heteroatoms. The van der Waals surface area contributed by atoms with Crippen LogP contribution < -0.4 is 5.32 Å². The van der Waals surface area contributed by atoms with Crippen LogP contribution in [0.5, 0.6) is 0 Å². The highest BCUT2D eigenvalue weighted by molar-refractivity contribution is 7.89. The number of ether oxygens (including phenoxy) is 1. The van der Waals surface area contributed by atoms with Gasteiger partial charge < -0.3 is 10.1 Å². The maximum Gasteiger partial charge on any atom is 0.214 e. The van der Waals surface area contributed by atoms with Crippen LogP contribution in [0.25, 0.3) is 0 Å². The number of nitrogens with one attached hydrogen (secondary N) is 1. The van der Waals surface area contributed by atoms with Crippen LogP contribution in [0.3, 0.4) is 0 Å². The Hall–Kier alpha value is -0.170.